The highest BCUT2D eigenvalue weighted by molar-refractivity contribution is 6.31. The normalized spacial score (nSPS) is 17.5. The largest absolute Gasteiger partial charge is 0.315 e. The fourth-order valence-electron chi connectivity index (χ4n) is 1.39. The average Bonchev–Trinajstić information content (AvgIpc) is 1.93. The fraction of sp³-hybridized carbons (Fsp3) is 0.400. The number of benzene rings is 1. The van der Waals surface area contributed by atoms with Crippen LogP contribution in [0.5, 0.6) is 0 Å². The summed E-state index contributed by atoms with van der Waals surface area (Å²) in [7, 11) is 0. The van der Waals surface area contributed by atoms with Gasteiger partial charge in [-0.2, -0.15) is 0 Å². The molecule has 1 aromatic carbocycles. The van der Waals surface area contributed by atoms with Crippen molar-refractivity contribution < 1.29 is 0 Å². The predicted molar refractivity (Wildman–Crippen MR) is 51.8 cm³/mol. The second-order valence-corrected chi connectivity index (χ2v) is 3.77. The summed E-state index contributed by atoms with van der Waals surface area (Å²) >= 11 is 6.02. The van der Waals surface area contributed by atoms with Crippen molar-refractivity contribution in [3.05, 3.63) is 34.3 Å². The molecule has 2 heteroatoms. The summed E-state index contributed by atoms with van der Waals surface area (Å²) in [6.45, 7) is 4.23. The Balaban J connectivity index is 2.27. The maximum atomic E-state index is 6.02. The number of rotatable bonds is 1. The molecule has 1 aliphatic rings. The minimum Gasteiger partial charge on any atom is -0.315 e. The Morgan fingerprint density at radius 3 is 2.67 bits per heavy atom. The summed E-state index contributed by atoms with van der Waals surface area (Å²) in [5.41, 5.74) is 2.53. The lowest BCUT2D eigenvalue weighted by molar-refractivity contribution is 0.448. The van der Waals surface area contributed by atoms with Crippen LogP contribution in [0.2, 0.25) is 5.02 Å². The first-order chi connectivity index (χ1) is 5.77. The highest BCUT2D eigenvalue weighted by Gasteiger charge is 2.18. The van der Waals surface area contributed by atoms with Gasteiger partial charge in [-0.05, 0) is 24.1 Å². The van der Waals surface area contributed by atoms with Gasteiger partial charge in [-0.3, -0.25) is 0 Å². The zero-order chi connectivity index (χ0) is 8.55. The molecule has 1 N–H and O–H groups in total. The molecule has 0 bridgehead atoms. The van der Waals surface area contributed by atoms with E-state index in [1.54, 1.807) is 0 Å². The van der Waals surface area contributed by atoms with Crippen LogP contribution in [0.1, 0.15) is 17.0 Å². The van der Waals surface area contributed by atoms with Gasteiger partial charge < -0.3 is 5.32 Å². The summed E-state index contributed by atoms with van der Waals surface area (Å²) in [4.78, 5) is 0. The second kappa shape index (κ2) is 3.08. The fourth-order valence-corrected chi connectivity index (χ4v) is 1.58. The van der Waals surface area contributed by atoms with E-state index in [1.165, 1.54) is 5.56 Å². The molecule has 0 atom stereocenters. The van der Waals surface area contributed by atoms with Gasteiger partial charge in [-0.15, -0.1) is 0 Å². The maximum absolute atomic E-state index is 6.02. The Hall–Kier alpha value is -0.530. The van der Waals surface area contributed by atoms with Gasteiger partial charge in [0.05, 0.1) is 0 Å². The monoisotopic (exact) mass is 181 g/mol. The van der Waals surface area contributed by atoms with Crippen LogP contribution < -0.4 is 5.32 Å². The van der Waals surface area contributed by atoms with Crippen LogP contribution in [-0.4, -0.2) is 13.1 Å². The van der Waals surface area contributed by atoms with E-state index in [9.17, 15) is 0 Å². The minimum absolute atomic E-state index is 0.683. The molecule has 1 aliphatic heterocycles. The smallest absolute Gasteiger partial charge is 0.0438 e. The van der Waals surface area contributed by atoms with Crippen molar-refractivity contribution in [2.75, 3.05) is 13.1 Å². The molecule has 12 heavy (non-hydrogen) atoms. The second-order valence-electron chi connectivity index (χ2n) is 3.36. The molecule has 0 radical (unpaired) electrons. The molecule has 1 fully saturated rings. The topological polar surface area (TPSA) is 12.0 Å². The first-order valence-electron chi connectivity index (χ1n) is 4.24. The van der Waals surface area contributed by atoms with Crippen molar-refractivity contribution in [2.24, 2.45) is 0 Å². The lowest BCUT2D eigenvalue weighted by Gasteiger charge is -2.27. The summed E-state index contributed by atoms with van der Waals surface area (Å²) in [5, 5.41) is 4.14. The van der Waals surface area contributed by atoms with Crippen molar-refractivity contribution >= 4 is 11.6 Å². The molecule has 1 aromatic rings. The van der Waals surface area contributed by atoms with E-state index in [1.807, 2.05) is 6.92 Å². The summed E-state index contributed by atoms with van der Waals surface area (Å²) in [5.74, 6) is 0.683. The van der Waals surface area contributed by atoms with E-state index < -0.39 is 0 Å². The van der Waals surface area contributed by atoms with Gasteiger partial charge in [-0.25, -0.2) is 0 Å². The van der Waals surface area contributed by atoms with Gasteiger partial charge in [0.15, 0.2) is 0 Å². The van der Waals surface area contributed by atoms with E-state index in [0.717, 1.165) is 23.7 Å². The molecule has 0 aliphatic carbocycles. The van der Waals surface area contributed by atoms with Crippen LogP contribution in [-0.2, 0) is 0 Å². The third-order valence-electron chi connectivity index (χ3n) is 2.45. The van der Waals surface area contributed by atoms with Gasteiger partial charge in [0, 0.05) is 24.0 Å². The molecular weight excluding hydrogens is 170 g/mol. The molecule has 64 valence electrons. The molecule has 0 saturated carbocycles. The summed E-state index contributed by atoms with van der Waals surface area (Å²) in [6.07, 6.45) is 0. The molecular formula is C10H12ClN. The number of halogens is 1. The van der Waals surface area contributed by atoms with Crippen LogP contribution in [0.3, 0.4) is 0 Å². The zero-order valence-electron chi connectivity index (χ0n) is 7.10. The first-order valence-corrected chi connectivity index (χ1v) is 4.62. The number of aryl methyl sites for hydroxylation is 1. The van der Waals surface area contributed by atoms with Crippen LogP contribution >= 0.6 is 11.6 Å². The number of nitrogens with one attached hydrogen (secondary N) is 1. The van der Waals surface area contributed by atoms with E-state index in [2.05, 4.69) is 23.5 Å². The highest BCUT2D eigenvalue weighted by atomic mass is 35.5. The minimum atomic E-state index is 0.683. The van der Waals surface area contributed by atoms with E-state index >= 15 is 0 Å². The van der Waals surface area contributed by atoms with Gasteiger partial charge in [-0.1, -0.05) is 23.7 Å². The SMILES string of the molecule is Cc1ccc(C2CNC2)cc1Cl. The maximum Gasteiger partial charge on any atom is 0.0438 e. The Morgan fingerprint density at radius 2 is 2.17 bits per heavy atom. The molecule has 0 unspecified atom stereocenters. The highest BCUT2D eigenvalue weighted by Crippen LogP contribution is 2.24. The van der Waals surface area contributed by atoms with E-state index in [4.69, 9.17) is 11.6 Å². The van der Waals surface area contributed by atoms with Gasteiger partial charge in [0.25, 0.3) is 0 Å². The molecule has 2 rings (SSSR count). The Labute approximate surface area is 77.7 Å². The van der Waals surface area contributed by atoms with Crippen molar-refractivity contribution in [1.82, 2.24) is 5.32 Å². The quantitative estimate of drug-likeness (QED) is 0.702. The molecule has 0 amide bonds. The number of hydrogen-bond donors (Lipinski definition) is 1. The predicted octanol–water partition coefficient (Wildman–Crippen LogP) is 2.34. The third-order valence-corrected chi connectivity index (χ3v) is 2.86. The van der Waals surface area contributed by atoms with Crippen molar-refractivity contribution in [1.29, 1.82) is 0 Å². The summed E-state index contributed by atoms with van der Waals surface area (Å²) in [6, 6.07) is 6.35. The van der Waals surface area contributed by atoms with Gasteiger partial charge >= 0.3 is 0 Å². The zero-order valence-corrected chi connectivity index (χ0v) is 7.86. The van der Waals surface area contributed by atoms with Crippen LogP contribution in [0, 0.1) is 6.92 Å². The van der Waals surface area contributed by atoms with E-state index in [-0.39, 0.29) is 0 Å². The van der Waals surface area contributed by atoms with Crippen molar-refractivity contribution in [3.63, 3.8) is 0 Å². The Morgan fingerprint density at radius 1 is 1.42 bits per heavy atom. The molecule has 1 nitrogen and oxygen atoms in total. The van der Waals surface area contributed by atoms with Crippen molar-refractivity contribution in [2.45, 2.75) is 12.8 Å². The first kappa shape index (κ1) is 8.09. The average molecular weight is 182 g/mol. The Kier molecular flexibility index (Phi) is 2.07. The molecule has 0 aromatic heterocycles. The van der Waals surface area contributed by atoms with Crippen LogP contribution in [0.25, 0.3) is 0 Å². The van der Waals surface area contributed by atoms with Crippen LogP contribution in [0.4, 0.5) is 0 Å². The van der Waals surface area contributed by atoms with E-state index in [0.29, 0.717) is 5.92 Å². The molecule has 0 spiro atoms. The van der Waals surface area contributed by atoms with Gasteiger partial charge in [0.1, 0.15) is 0 Å². The lowest BCUT2D eigenvalue weighted by Crippen LogP contribution is -2.39. The number of hydrogen-bond acceptors (Lipinski definition) is 1. The summed E-state index contributed by atoms with van der Waals surface area (Å²) < 4.78 is 0. The lowest BCUT2D eigenvalue weighted by atomic mass is 9.93. The van der Waals surface area contributed by atoms with Crippen molar-refractivity contribution in [3.8, 4) is 0 Å². The molecule has 1 heterocycles. The standard InChI is InChI=1S/C10H12ClN/c1-7-2-3-8(4-10(7)11)9-5-12-6-9/h2-4,9,12H,5-6H2,1H3. The van der Waals surface area contributed by atoms with Crippen LogP contribution in [0.15, 0.2) is 18.2 Å². The van der Waals surface area contributed by atoms with Gasteiger partial charge in [0.2, 0.25) is 0 Å². The molecule has 1 saturated heterocycles. The third kappa shape index (κ3) is 1.35. The Bertz CT molecular complexity index is 292.